The largest absolute Gasteiger partial charge is 0.493 e. The summed E-state index contributed by atoms with van der Waals surface area (Å²) in [5, 5.41) is 5.92. The van der Waals surface area contributed by atoms with Crippen LogP contribution in [0.1, 0.15) is 30.4 Å². The van der Waals surface area contributed by atoms with E-state index in [0.29, 0.717) is 36.2 Å². The molecule has 0 aromatic heterocycles. The highest BCUT2D eigenvalue weighted by Gasteiger charge is 2.30. The summed E-state index contributed by atoms with van der Waals surface area (Å²) in [5.74, 6) is 1.01. The lowest BCUT2D eigenvalue weighted by Crippen LogP contribution is -2.37. The number of methoxy groups -OCH3 is 2. The van der Waals surface area contributed by atoms with Gasteiger partial charge in [-0.3, -0.25) is 14.5 Å². The third-order valence-electron chi connectivity index (χ3n) is 5.45. The van der Waals surface area contributed by atoms with Crippen LogP contribution < -0.4 is 20.1 Å². The molecule has 166 valence electrons. The van der Waals surface area contributed by atoms with Gasteiger partial charge in [-0.15, -0.1) is 0 Å². The summed E-state index contributed by atoms with van der Waals surface area (Å²) in [4.78, 5) is 27.2. The zero-order valence-corrected chi connectivity index (χ0v) is 18.7. The van der Waals surface area contributed by atoms with E-state index in [9.17, 15) is 9.59 Å². The van der Waals surface area contributed by atoms with E-state index < -0.39 is 0 Å². The van der Waals surface area contributed by atoms with E-state index in [4.69, 9.17) is 9.47 Å². The number of hydrogen-bond acceptors (Lipinski definition) is 5. The van der Waals surface area contributed by atoms with Crippen molar-refractivity contribution in [3.05, 3.63) is 47.5 Å². The van der Waals surface area contributed by atoms with Crippen LogP contribution in [0.25, 0.3) is 0 Å². The first-order chi connectivity index (χ1) is 14.9. The Morgan fingerprint density at radius 1 is 0.968 bits per heavy atom. The topological polar surface area (TPSA) is 79.9 Å². The molecule has 0 heterocycles. The Labute approximate surface area is 183 Å². The van der Waals surface area contributed by atoms with Crippen molar-refractivity contribution in [2.24, 2.45) is 0 Å². The molecule has 2 N–H and O–H groups in total. The predicted molar refractivity (Wildman–Crippen MR) is 122 cm³/mol. The van der Waals surface area contributed by atoms with Gasteiger partial charge >= 0.3 is 0 Å². The molecule has 3 rings (SSSR count). The molecule has 2 aromatic rings. The third kappa shape index (κ3) is 6.21. The van der Waals surface area contributed by atoms with Crippen LogP contribution in [0.15, 0.2) is 36.4 Å². The Bertz CT molecular complexity index is 920. The Hall–Kier alpha value is -3.06. The maximum atomic E-state index is 12.6. The molecular weight excluding hydrogens is 394 g/mol. The number of hydrogen-bond donors (Lipinski definition) is 2. The summed E-state index contributed by atoms with van der Waals surface area (Å²) in [6.45, 7) is 4.78. The zero-order valence-electron chi connectivity index (χ0n) is 18.7. The quantitative estimate of drug-likeness (QED) is 0.606. The molecule has 1 fully saturated rings. The highest BCUT2D eigenvalue weighted by molar-refractivity contribution is 5.94. The van der Waals surface area contributed by atoms with E-state index in [2.05, 4.69) is 15.5 Å². The summed E-state index contributed by atoms with van der Waals surface area (Å²) in [6.07, 6.45) is 2.43. The molecule has 7 heteroatoms. The van der Waals surface area contributed by atoms with Gasteiger partial charge in [0.15, 0.2) is 11.5 Å². The highest BCUT2D eigenvalue weighted by Crippen LogP contribution is 2.30. The molecule has 0 saturated heterocycles. The Morgan fingerprint density at radius 2 is 1.65 bits per heavy atom. The standard InChI is InChI=1S/C24H31N3O4/c1-16-6-5-7-17(2)24(16)26-23(29)15-27(19-9-10-19)13-12-22(28)25-18-8-11-20(30-3)21(14-18)31-4/h5-8,11,14,19H,9-10,12-13,15H2,1-4H3,(H,25,28)(H,26,29). The molecule has 0 unspecified atom stereocenters. The van der Waals surface area contributed by atoms with Gasteiger partial charge in [0, 0.05) is 36.4 Å². The molecule has 1 aliphatic carbocycles. The van der Waals surface area contributed by atoms with Crippen molar-refractivity contribution in [2.75, 3.05) is 37.9 Å². The first-order valence-electron chi connectivity index (χ1n) is 10.5. The van der Waals surface area contributed by atoms with Crippen LogP contribution in [-0.4, -0.2) is 50.1 Å². The molecule has 31 heavy (non-hydrogen) atoms. The summed E-state index contributed by atoms with van der Waals surface area (Å²) in [6, 6.07) is 11.6. The van der Waals surface area contributed by atoms with Crippen LogP contribution >= 0.6 is 0 Å². The van der Waals surface area contributed by atoms with Crippen LogP contribution in [-0.2, 0) is 9.59 Å². The van der Waals surface area contributed by atoms with E-state index in [1.54, 1.807) is 32.4 Å². The molecule has 1 saturated carbocycles. The second kappa shape index (κ2) is 10.3. The highest BCUT2D eigenvalue weighted by atomic mass is 16.5. The number of benzene rings is 2. The van der Waals surface area contributed by atoms with Crippen molar-refractivity contribution in [2.45, 2.75) is 39.2 Å². The number of ether oxygens (including phenoxy) is 2. The van der Waals surface area contributed by atoms with Gasteiger partial charge in [0.25, 0.3) is 0 Å². The number of anilines is 2. The van der Waals surface area contributed by atoms with Gasteiger partial charge < -0.3 is 20.1 Å². The van der Waals surface area contributed by atoms with Crippen LogP contribution in [0.4, 0.5) is 11.4 Å². The fraction of sp³-hybridized carbons (Fsp3) is 0.417. The van der Waals surface area contributed by atoms with Gasteiger partial charge in [-0.2, -0.15) is 0 Å². The molecule has 2 aromatic carbocycles. The maximum absolute atomic E-state index is 12.6. The minimum absolute atomic E-state index is 0.0513. The maximum Gasteiger partial charge on any atom is 0.238 e. The van der Waals surface area contributed by atoms with Crippen molar-refractivity contribution >= 4 is 23.2 Å². The predicted octanol–water partition coefficient (Wildman–Crippen LogP) is 3.75. The number of nitrogens with one attached hydrogen (secondary N) is 2. The van der Waals surface area contributed by atoms with E-state index in [-0.39, 0.29) is 18.4 Å². The SMILES string of the molecule is COc1ccc(NC(=O)CCN(CC(=O)Nc2c(C)cccc2C)C2CC2)cc1OC. The Morgan fingerprint density at radius 3 is 2.26 bits per heavy atom. The van der Waals surface area contributed by atoms with Gasteiger partial charge in [0.2, 0.25) is 11.8 Å². The Kier molecular flexibility index (Phi) is 7.52. The number of rotatable bonds is 10. The first-order valence-corrected chi connectivity index (χ1v) is 10.5. The van der Waals surface area contributed by atoms with Crippen LogP contribution in [0.2, 0.25) is 0 Å². The molecule has 0 radical (unpaired) electrons. The van der Waals surface area contributed by atoms with Crippen molar-refractivity contribution in [3.63, 3.8) is 0 Å². The minimum atomic E-state index is -0.104. The normalized spacial score (nSPS) is 13.1. The van der Waals surface area contributed by atoms with Crippen LogP contribution in [0.5, 0.6) is 11.5 Å². The molecule has 7 nitrogen and oxygen atoms in total. The van der Waals surface area contributed by atoms with E-state index in [1.807, 2.05) is 32.0 Å². The van der Waals surface area contributed by atoms with E-state index in [1.165, 1.54) is 0 Å². The molecule has 0 aliphatic heterocycles. The average molecular weight is 426 g/mol. The van der Waals surface area contributed by atoms with Crippen LogP contribution in [0, 0.1) is 13.8 Å². The summed E-state index contributed by atoms with van der Waals surface area (Å²) in [5.41, 5.74) is 3.60. The lowest BCUT2D eigenvalue weighted by molar-refractivity contribution is -0.119. The number of carbonyl (C=O) groups excluding carboxylic acids is 2. The number of amides is 2. The summed E-state index contributed by atoms with van der Waals surface area (Å²) in [7, 11) is 3.12. The van der Waals surface area contributed by atoms with Crippen molar-refractivity contribution in [1.29, 1.82) is 0 Å². The molecule has 2 amide bonds. The Balaban J connectivity index is 1.53. The molecule has 0 atom stereocenters. The molecule has 0 bridgehead atoms. The van der Waals surface area contributed by atoms with E-state index >= 15 is 0 Å². The van der Waals surface area contributed by atoms with Gasteiger partial charge in [0.05, 0.1) is 20.8 Å². The summed E-state index contributed by atoms with van der Waals surface area (Å²) >= 11 is 0. The van der Waals surface area contributed by atoms with Gasteiger partial charge in [-0.25, -0.2) is 0 Å². The zero-order chi connectivity index (χ0) is 22.4. The monoisotopic (exact) mass is 425 g/mol. The number of aryl methyl sites for hydroxylation is 2. The fourth-order valence-corrected chi connectivity index (χ4v) is 3.59. The second-order valence-electron chi connectivity index (χ2n) is 7.88. The van der Waals surface area contributed by atoms with Crippen LogP contribution in [0.3, 0.4) is 0 Å². The minimum Gasteiger partial charge on any atom is -0.493 e. The van der Waals surface area contributed by atoms with Crippen molar-refractivity contribution < 1.29 is 19.1 Å². The van der Waals surface area contributed by atoms with Gasteiger partial charge in [0.1, 0.15) is 0 Å². The van der Waals surface area contributed by atoms with Crippen molar-refractivity contribution in [3.8, 4) is 11.5 Å². The molecular formula is C24H31N3O4. The molecule has 1 aliphatic rings. The lowest BCUT2D eigenvalue weighted by Gasteiger charge is -2.22. The van der Waals surface area contributed by atoms with Gasteiger partial charge in [-0.05, 0) is 49.9 Å². The smallest absolute Gasteiger partial charge is 0.238 e. The first kappa shape index (κ1) is 22.6. The lowest BCUT2D eigenvalue weighted by atomic mass is 10.1. The third-order valence-corrected chi connectivity index (χ3v) is 5.45. The number of carbonyl (C=O) groups is 2. The fourth-order valence-electron chi connectivity index (χ4n) is 3.59. The second-order valence-corrected chi connectivity index (χ2v) is 7.88. The molecule has 0 spiro atoms. The average Bonchev–Trinajstić information content (AvgIpc) is 3.59. The van der Waals surface area contributed by atoms with Gasteiger partial charge in [-0.1, -0.05) is 18.2 Å². The summed E-state index contributed by atoms with van der Waals surface area (Å²) < 4.78 is 10.5. The van der Waals surface area contributed by atoms with Crippen molar-refractivity contribution in [1.82, 2.24) is 4.90 Å². The number of nitrogens with zero attached hydrogens (tertiary/aromatic N) is 1. The number of para-hydroxylation sites is 1. The van der Waals surface area contributed by atoms with E-state index in [0.717, 1.165) is 29.7 Å².